The molecular formula is C14H15FN4O2. The van der Waals surface area contributed by atoms with Gasteiger partial charge in [0.05, 0.1) is 0 Å². The molecule has 0 aliphatic carbocycles. The van der Waals surface area contributed by atoms with Gasteiger partial charge in [-0.2, -0.15) is 0 Å². The molecule has 0 amide bonds. The summed E-state index contributed by atoms with van der Waals surface area (Å²) in [6.45, 7) is 7.40. The fourth-order valence-corrected chi connectivity index (χ4v) is 2.00. The maximum Gasteiger partial charge on any atom is 0.331 e. The average molecular weight is 290 g/mol. The highest BCUT2D eigenvalue weighted by atomic mass is 19.1. The van der Waals surface area contributed by atoms with Crippen LogP contribution in [0.5, 0.6) is 0 Å². The number of aromatic nitrogens is 4. The second-order valence-electron chi connectivity index (χ2n) is 4.48. The fourth-order valence-electron chi connectivity index (χ4n) is 2.00. The largest absolute Gasteiger partial charge is 0.443 e. The van der Waals surface area contributed by atoms with Crippen molar-refractivity contribution in [2.75, 3.05) is 0 Å². The second-order valence-corrected chi connectivity index (χ2v) is 4.48. The van der Waals surface area contributed by atoms with Gasteiger partial charge in [0.1, 0.15) is 5.82 Å². The lowest BCUT2D eigenvalue weighted by molar-refractivity contribution is -0.149. The van der Waals surface area contributed by atoms with Crippen LogP contribution in [0.4, 0.5) is 4.39 Å². The molecule has 2 aromatic rings. The van der Waals surface area contributed by atoms with Crippen LogP contribution in [0.3, 0.4) is 0 Å². The topological polar surface area (TPSA) is 69.9 Å². The van der Waals surface area contributed by atoms with Crippen molar-refractivity contribution < 1.29 is 13.9 Å². The number of nitrogens with zero attached hydrogens (tertiary/aromatic N) is 4. The van der Waals surface area contributed by atoms with Gasteiger partial charge in [0, 0.05) is 18.2 Å². The van der Waals surface area contributed by atoms with E-state index in [1.165, 1.54) is 28.9 Å². The van der Waals surface area contributed by atoms with Crippen molar-refractivity contribution in [2.24, 2.45) is 0 Å². The van der Waals surface area contributed by atoms with Crippen molar-refractivity contribution in [3.8, 4) is 0 Å². The number of aryl methyl sites for hydroxylation is 1. The van der Waals surface area contributed by atoms with Crippen molar-refractivity contribution >= 4 is 5.97 Å². The van der Waals surface area contributed by atoms with E-state index >= 15 is 0 Å². The zero-order valence-corrected chi connectivity index (χ0v) is 11.8. The van der Waals surface area contributed by atoms with Crippen molar-refractivity contribution in [2.45, 2.75) is 26.0 Å². The maximum atomic E-state index is 13.1. The number of esters is 1. The Hall–Kier alpha value is -2.57. The number of halogens is 1. The molecule has 7 heteroatoms. The molecule has 1 aromatic heterocycles. The quantitative estimate of drug-likeness (QED) is 0.620. The zero-order valence-electron chi connectivity index (χ0n) is 11.8. The minimum Gasteiger partial charge on any atom is -0.443 e. The third-order valence-corrected chi connectivity index (χ3v) is 3.12. The summed E-state index contributed by atoms with van der Waals surface area (Å²) in [6, 6.07) is 5.63. The minimum absolute atomic E-state index is 0.354. The number of hydrogen-bond donors (Lipinski definition) is 0. The maximum absolute atomic E-state index is 13.1. The first-order chi connectivity index (χ1) is 10.0. The molecule has 0 fully saturated rings. The van der Waals surface area contributed by atoms with E-state index in [4.69, 9.17) is 4.74 Å². The molecule has 1 heterocycles. The Balaban J connectivity index is 2.56. The highest BCUT2D eigenvalue weighted by Gasteiger charge is 2.38. The van der Waals surface area contributed by atoms with Crippen molar-refractivity contribution in [3.63, 3.8) is 0 Å². The van der Waals surface area contributed by atoms with Crippen LogP contribution in [0, 0.1) is 5.82 Å². The lowest BCUT2D eigenvalue weighted by Crippen LogP contribution is -2.33. The van der Waals surface area contributed by atoms with E-state index in [1.807, 2.05) is 6.92 Å². The molecule has 1 unspecified atom stereocenters. The van der Waals surface area contributed by atoms with Crippen LogP contribution in [0.2, 0.25) is 0 Å². The Bertz CT molecular complexity index is 653. The van der Waals surface area contributed by atoms with Crippen molar-refractivity contribution in [1.29, 1.82) is 0 Å². The highest BCUT2D eigenvalue weighted by Crippen LogP contribution is 2.32. The van der Waals surface area contributed by atoms with Crippen LogP contribution in [0.25, 0.3) is 0 Å². The molecule has 1 atom stereocenters. The lowest BCUT2D eigenvalue weighted by atomic mass is 9.94. The number of hydrogen-bond acceptors (Lipinski definition) is 5. The van der Waals surface area contributed by atoms with E-state index in [2.05, 4.69) is 22.1 Å². The molecule has 0 aliphatic heterocycles. The van der Waals surface area contributed by atoms with Gasteiger partial charge in [-0.3, -0.25) is 0 Å². The Kier molecular flexibility index (Phi) is 4.11. The summed E-state index contributed by atoms with van der Waals surface area (Å²) >= 11 is 0. The van der Waals surface area contributed by atoms with Crippen molar-refractivity contribution in [3.05, 3.63) is 54.1 Å². The highest BCUT2D eigenvalue weighted by molar-refractivity contribution is 5.81. The normalized spacial score (nSPS) is 13.5. The number of carbonyl (C=O) groups is 1. The Labute approximate surface area is 121 Å². The molecule has 0 N–H and O–H groups in total. The van der Waals surface area contributed by atoms with Gasteiger partial charge in [-0.25, -0.2) is 13.9 Å². The molecule has 0 saturated heterocycles. The Morgan fingerprint density at radius 1 is 1.48 bits per heavy atom. The van der Waals surface area contributed by atoms with Crippen molar-refractivity contribution in [1.82, 2.24) is 20.2 Å². The second kappa shape index (κ2) is 5.82. The van der Waals surface area contributed by atoms with Gasteiger partial charge in [0.2, 0.25) is 0 Å². The summed E-state index contributed by atoms with van der Waals surface area (Å²) in [5.41, 5.74) is -0.679. The first kappa shape index (κ1) is 14.8. The number of ether oxygens (including phenoxy) is 1. The van der Waals surface area contributed by atoms with Gasteiger partial charge < -0.3 is 4.74 Å². The molecular weight excluding hydrogens is 275 g/mol. The van der Waals surface area contributed by atoms with E-state index in [1.54, 1.807) is 6.92 Å². The smallest absolute Gasteiger partial charge is 0.331 e. The Morgan fingerprint density at radius 3 is 2.71 bits per heavy atom. The van der Waals surface area contributed by atoms with Gasteiger partial charge >= 0.3 is 5.97 Å². The van der Waals surface area contributed by atoms with E-state index in [0.29, 0.717) is 17.9 Å². The van der Waals surface area contributed by atoms with Crippen LogP contribution in [-0.4, -0.2) is 26.2 Å². The van der Waals surface area contributed by atoms with Gasteiger partial charge in [0.15, 0.2) is 11.4 Å². The predicted molar refractivity (Wildman–Crippen MR) is 72.6 cm³/mol. The molecule has 6 nitrogen and oxygen atoms in total. The monoisotopic (exact) mass is 290 g/mol. The molecule has 0 saturated carbocycles. The van der Waals surface area contributed by atoms with Crippen LogP contribution < -0.4 is 0 Å². The predicted octanol–water partition coefficient (Wildman–Crippen LogP) is 1.82. The third kappa shape index (κ3) is 2.81. The van der Waals surface area contributed by atoms with Crippen LogP contribution in [0.15, 0.2) is 36.9 Å². The van der Waals surface area contributed by atoms with Gasteiger partial charge in [0.25, 0.3) is 0 Å². The molecule has 1 aromatic carbocycles. The third-order valence-electron chi connectivity index (χ3n) is 3.12. The fraction of sp³-hybridized carbons (Fsp3) is 0.286. The van der Waals surface area contributed by atoms with Crippen LogP contribution in [-0.2, 0) is 21.7 Å². The first-order valence-corrected chi connectivity index (χ1v) is 6.39. The summed E-state index contributed by atoms with van der Waals surface area (Å²) in [7, 11) is 0. The van der Waals surface area contributed by atoms with E-state index in [9.17, 15) is 9.18 Å². The summed E-state index contributed by atoms with van der Waals surface area (Å²) in [5, 5.41) is 11.4. The van der Waals surface area contributed by atoms with E-state index in [0.717, 1.165) is 6.08 Å². The number of tetrazole rings is 1. The summed E-state index contributed by atoms with van der Waals surface area (Å²) in [6.07, 6.45) is 1.06. The molecule has 0 aliphatic rings. The summed E-state index contributed by atoms with van der Waals surface area (Å²) in [5.74, 6) is -0.648. The summed E-state index contributed by atoms with van der Waals surface area (Å²) < 4.78 is 20.1. The number of carbonyl (C=O) groups excluding carboxylic acids is 1. The van der Waals surface area contributed by atoms with Crippen LogP contribution in [0.1, 0.15) is 25.2 Å². The van der Waals surface area contributed by atoms with Gasteiger partial charge in [-0.1, -0.05) is 18.7 Å². The number of rotatable bonds is 5. The molecule has 110 valence electrons. The van der Waals surface area contributed by atoms with Gasteiger partial charge in [-0.15, -0.1) is 5.10 Å². The molecule has 2 rings (SSSR count). The SMILES string of the molecule is C=CC(=O)OC(C)(c1ccc(F)cc1)c1nnnn1CC. The summed E-state index contributed by atoms with van der Waals surface area (Å²) in [4.78, 5) is 11.7. The van der Waals surface area contributed by atoms with E-state index < -0.39 is 11.6 Å². The van der Waals surface area contributed by atoms with Gasteiger partial charge in [-0.05, 0) is 36.4 Å². The lowest BCUT2D eigenvalue weighted by Gasteiger charge is -2.28. The van der Waals surface area contributed by atoms with Crippen LogP contribution >= 0.6 is 0 Å². The first-order valence-electron chi connectivity index (χ1n) is 6.39. The molecule has 0 radical (unpaired) electrons. The minimum atomic E-state index is -1.24. The Morgan fingerprint density at radius 2 is 2.14 bits per heavy atom. The average Bonchev–Trinajstić information content (AvgIpc) is 2.96. The molecule has 21 heavy (non-hydrogen) atoms. The number of benzene rings is 1. The molecule has 0 bridgehead atoms. The van der Waals surface area contributed by atoms with E-state index in [-0.39, 0.29) is 5.82 Å². The standard InChI is InChI=1S/C14H15FN4O2/c1-4-12(20)21-14(3,10-6-8-11(15)9-7-10)13-16-17-18-19(13)5-2/h4,6-9H,1,5H2,2-3H3. The molecule has 0 spiro atoms. The zero-order chi connectivity index (χ0) is 15.5.